The third-order valence-corrected chi connectivity index (χ3v) is 5.79. The van der Waals surface area contributed by atoms with E-state index >= 15 is 0 Å². The summed E-state index contributed by atoms with van der Waals surface area (Å²) in [6.45, 7) is 5.93. The van der Waals surface area contributed by atoms with Crippen LogP contribution in [0, 0.1) is 0 Å². The number of furan rings is 1. The SMILES string of the molecule is CC(/C=N\N1CCN(C2c3ccccc3-c3ccccc32)CC1)=C\c1ccco1. The average molecular weight is 383 g/mol. The van der Waals surface area contributed by atoms with Gasteiger partial charge in [-0.3, -0.25) is 9.91 Å². The summed E-state index contributed by atoms with van der Waals surface area (Å²) in [5.74, 6) is 0.859. The lowest BCUT2D eigenvalue weighted by Gasteiger charge is -2.37. The maximum atomic E-state index is 5.37. The molecule has 0 saturated carbocycles. The summed E-state index contributed by atoms with van der Waals surface area (Å²) in [5.41, 5.74) is 6.71. The minimum Gasteiger partial charge on any atom is -0.465 e. The highest BCUT2D eigenvalue weighted by Crippen LogP contribution is 2.46. The van der Waals surface area contributed by atoms with E-state index in [-0.39, 0.29) is 0 Å². The lowest BCUT2D eigenvalue weighted by atomic mass is 10.0. The van der Waals surface area contributed by atoms with Crippen molar-refractivity contribution in [2.45, 2.75) is 13.0 Å². The number of rotatable bonds is 4. The van der Waals surface area contributed by atoms with Gasteiger partial charge in [0, 0.05) is 26.2 Å². The van der Waals surface area contributed by atoms with Crippen molar-refractivity contribution in [3.63, 3.8) is 0 Å². The minimum absolute atomic E-state index is 0.356. The monoisotopic (exact) mass is 383 g/mol. The van der Waals surface area contributed by atoms with E-state index in [0.717, 1.165) is 37.5 Å². The Morgan fingerprint density at radius 1 is 0.897 bits per heavy atom. The van der Waals surface area contributed by atoms with Crippen molar-refractivity contribution in [1.82, 2.24) is 9.91 Å². The topological polar surface area (TPSA) is 32.0 Å². The molecule has 2 heterocycles. The first-order chi connectivity index (χ1) is 14.3. The van der Waals surface area contributed by atoms with Crippen molar-refractivity contribution in [3.8, 4) is 11.1 Å². The van der Waals surface area contributed by atoms with Gasteiger partial charge in [-0.25, -0.2) is 0 Å². The molecular formula is C25H25N3O. The van der Waals surface area contributed by atoms with Crippen LogP contribution in [0.15, 0.2) is 82.0 Å². The van der Waals surface area contributed by atoms with Crippen LogP contribution < -0.4 is 0 Å². The molecule has 0 unspecified atom stereocenters. The third kappa shape index (κ3) is 3.52. The lowest BCUT2D eigenvalue weighted by molar-refractivity contribution is 0.114. The van der Waals surface area contributed by atoms with Crippen LogP contribution in [0.3, 0.4) is 0 Å². The van der Waals surface area contributed by atoms with Crippen molar-refractivity contribution >= 4 is 12.3 Å². The molecule has 4 heteroatoms. The van der Waals surface area contributed by atoms with E-state index in [1.165, 1.54) is 22.3 Å². The molecule has 4 nitrogen and oxygen atoms in total. The molecule has 1 aliphatic carbocycles. The van der Waals surface area contributed by atoms with Gasteiger partial charge in [0.05, 0.1) is 18.5 Å². The first-order valence-electron chi connectivity index (χ1n) is 10.2. The number of allylic oxidation sites excluding steroid dienone is 1. The first kappa shape index (κ1) is 18.0. The Morgan fingerprint density at radius 3 is 2.17 bits per heavy atom. The van der Waals surface area contributed by atoms with Crippen LogP contribution in [-0.2, 0) is 0 Å². The Bertz CT molecular complexity index is 998. The van der Waals surface area contributed by atoms with Gasteiger partial charge in [-0.15, -0.1) is 0 Å². The molecular weight excluding hydrogens is 358 g/mol. The van der Waals surface area contributed by atoms with Gasteiger partial charge >= 0.3 is 0 Å². The second-order valence-electron chi connectivity index (χ2n) is 7.72. The van der Waals surface area contributed by atoms with Gasteiger partial charge in [-0.05, 0) is 53.0 Å². The zero-order chi connectivity index (χ0) is 19.6. The first-order valence-corrected chi connectivity index (χ1v) is 10.2. The van der Waals surface area contributed by atoms with Crippen LogP contribution in [0.2, 0.25) is 0 Å². The summed E-state index contributed by atoms with van der Waals surface area (Å²) in [7, 11) is 0. The number of hydrazone groups is 1. The molecule has 1 aliphatic heterocycles. The van der Waals surface area contributed by atoms with Crippen molar-refractivity contribution in [2.75, 3.05) is 26.2 Å². The van der Waals surface area contributed by atoms with Crippen LogP contribution >= 0.6 is 0 Å². The lowest BCUT2D eigenvalue weighted by Crippen LogP contribution is -2.45. The van der Waals surface area contributed by atoms with Crippen molar-refractivity contribution < 1.29 is 4.42 Å². The number of fused-ring (bicyclic) bond motifs is 3. The second-order valence-corrected chi connectivity index (χ2v) is 7.72. The predicted octanol–water partition coefficient (Wildman–Crippen LogP) is 5.06. The Labute approximate surface area is 171 Å². The molecule has 1 fully saturated rings. The fraction of sp³-hybridized carbons (Fsp3) is 0.240. The fourth-order valence-electron chi connectivity index (χ4n) is 4.42. The van der Waals surface area contributed by atoms with Gasteiger partial charge in [0.1, 0.15) is 5.76 Å². The van der Waals surface area contributed by atoms with E-state index in [2.05, 4.69) is 70.5 Å². The van der Waals surface area contributed by atoms with E-state index < -0.39 is 0 Å². The third-order valence-electron chi connectivity index (χ3n) is 5.79. The summed E-state index contributed by atoms with van der Waals surface area (Å²) in [5, 5.41) is 6.85. The molecule has 0 radical (unpaired) electrons. The molecule has 0 N–H and O–H groups in total. The molecule has 0 bridgehead atoms. The molecule has 3 aromatic rings. The van der Waals surface area contributed by atoms with Gasteiger partial charge in [0.2, 0.25) is 0 Å². The summed E-state index contributed by atoms with van der Waals surface area (Å²) >= 11 is 0. The van der Waals surface area contributed by atoms with Crippen molar-refractivity contribution in [1.29, 1.82) is 0 Å². The summed E-state index contributed by atoms with van der Waals surface area (Å²) in [6.07, 6.45) is 5.62. The van der Waals surface area contributed by atoms with Gasteiger partial charge < -0.3 is 4.42 Å². The van der Waals surface area contributed by atoms with E-state index in [1.807, 2.05) is 24.4 Å². The largest absolute Gasteiger partial charge is 0.465 e. The molecule has 5 rings (SSSR count). The second kappa shape index (κ2) is 7.72. The number of nitrogens with zero attached hydrogens (tertiary/aromatic N) is 3. The van der Waals surface area contributed by atoms with E-state index in [1.54, 1.807) is 6.26 Å². The zero-order valence-electron chi connectivity index (χ0n) is 16.7. The van der Waals surface area contributed by atoms with E-state index in [4.69, 9.17) is 4.42 Å². The van der Waals surface area contributed by atoms with Crippen LogP contribution in [0.5, 0.6) is 0 Å². The Balaban J connectivity index is 1.28. The summed E-state index contributed by atoms with van der Waals surface area (Å²) < 4.78 is 5.37. The van der Waals surface area contributed by atoms with Crippen molar-refractivity contribution in [2.24, 2.45) is 5.10 Å². The summed E-state index contributed by atoms with van der Waals surface area (Å²) in [4.78, 5) is 2.60. The Morgan fingerprint density at radius 2 is 1.55 bits per heavy atom. The zero-order valence-corrected chi connectivity index (χ0v) is 16.7. The molecule has 0 spiro atoms. The highest BCUT2D eigenvalue weighted by molar-refractivity contribution is 5.84. The summed E-state index contributed by atoms with van der Waals surface area (Å²) in [6, 6.07) is 21.9. The van der Waals surface area contributed by atoms with Crippen LogP contribution in [-0.4, -0.2) is 42.3 Å². The standard InChI is InChI=1S/C25H25N3O/c1-19(17-20-7-6-16-29-20)18-26-28-14-12-27(13-15-28)25-23-10-4-2-8-21(23)22-9-3-5-11-24(22)25/h2-11,16-18,25H,12-15H2,1H3/b19-17+,26-18-. The fourth-order valence-corrected chi connectivity index (χ4v) is 4.42. The number of piperazine rings is 1. The average Bonchev–Trinajstić information content (AvgIpc) is 3.38. The maximum Gasteiger partial charge on any atom is 0.126 e. The highest BCUT2D eigenvalue weighted by Gasteiger charge is 2.33. The Kier molecular flexibility index (Phi) is 4.78. The molecule has 2 aromatic carbocycles. The molecule has 29 heavy (non-hydrogen) atoms. The molecule has 0 atom stereocenters. The van der Waals surface area contributed by atoms with E-state index in [0.29, 0.717) is 6.04 Å². The normalized spacial score (nSPS) is 17.7. The molecule has 0 amide bonds. The predicted molar refractivity (Wildman–Crippen MR) is 118 cm³/mol. The van der Waals surface area contributed by atoms with Gasteiger partial charge in [-0.2, -0.15) is 5.10 Å². The molecule has 1 aromatic heterocycles. The molecule has 2 aliphatic rings. The smallest absolute Gasteiger partial charge is 0.126 e. The number of hydrogen-bond donors (Lipinski definition) is 0. The highest BCUT2D eigenvalue weighted by atomic mass is 16.3. The molecule has 146 valence electrons. The quantitative estimate of drug-likeness (QED) is 0.591. The Hall–Kier alpha value is -3.11. The van der Waals surface area contributed by atoms with Gasteiger partial charge in [-0.1, -0.05) is 48.5 Å². The van der Waals surface area contributed by atoms with E-state index in [9.17, 15) is 0 Å². The maximum absolute atomic E-state index is 5.37. The van der Waals surface area contributed by atoms with Gasteiger partial charge in [0.15, 0.2) is 0 Å². The number of hydrogen-bond acceptors (Lipinski definition) is 4. The minimum atomic E-state index is 0.356. The van der Waals surface area contributed by atoms with Gasteiger partial charge in [0.25, 0.3) is 0 Å². The van der Waals surface area contributed by atoms with Crippen LogP contribution in [0.1, 0.15) is 29.9 Å². The van der Waals surface area contributed by atoms with Crippen LogP contribution in [0.25, 0.3) is 17.2 Å². The number of benzene rings is 2. The van der Waals surface area contributed by atoms with Crippen LogP contribution in [0.4, 0.5) is 0 Å². The molecule has 1 saturated heterocycles. The van der Waals surface area contributed by atoms with Crippen molar-refractivity contribution in [3.05, 3.63) is 89.4 Å².